The standard InChI is InChI=1S/C14H19N3O3S/c1-15(2)7-4-8-16-13(18)10-21-14(16)11-5-3-6-12(9-11)17(19)20/h3,5-6,9,14H,4,7-8,10H2,1-2H3/p+1/t14-/m1/s1. The molecule has 7 heteroatoms. The number of amides is 1. The molecule has 6 nitrogen and oxygen atoms in total. The van der Waals surface area contributed by atoms with Gasteiger partial charge in [-0.1, -0.05) is 12.1 Å². The Balaban J connectivity index is 2.11. The molecule has 1 aromatic rings. The summed E-state index contributed by atoms with van der Waals surface area (Å²) in [7, 11) is 4.16. The lowest BCUT2D eigenvalue weighted by Gasteiger charge is -2.24. The van der Waals surface area contributed by atoms with Crippen molar-refractivity contribution in [2.75, 3.05) is 32.9 Å². The smallest absolute Gasteiger partial charge is 0.269 e. The van der Waals surface area contributed by atoms with Crippen LogP contribution in [-0.4, -0.2) is 48.7 Å². The quantitative estimate of drug-likeness (QED) is 0.620. The fraction of sp³-hybridized carbons (Fsp3) is 0.500. The molecule has 0 radical (unpaired) electrons. The van der Waals surface area contributed by atoms with Gasteiger partial charge in [-0.3, -0.25) is 14.9 Å². The molecule has 0 bridgehead atoms. The molecule has 1 atom stereocenters. The van der Waals surface area contributed by atoms with Crippen molar-refractivity contribution in [1.29, 1.82) is 0 Å². The molecule has 0 unspecified atom stereocenters. The maximum atomic E-state index is 12.0. The molecule has 1 aliphatic heterocycles. The second-order valence-corrected chi connectivity index (χ2v) is 6.48. The van der Waals surface area contributed by atoms with E-state index in [2.05, 4.69) is 14.1 Å². The minimum Gasteiger partial charge on any atom is -0.340 e. The monoisotopic (exact) mass is 310 g/mol. The molecule has 1 aromatic carbocycles. The Labute approximate surface area is 128 Å². The average molecular weight is 310 g/mol. The van der Waals surface area contributed by atoms with Crippen LogP contribution in [-0.2, 0) is 4.79 Å². The SMILES string of the molecule is C[NH+](C)CCCN1C(=O)CS[C@@H]1c1cccc([N+](=O)[O-])c1. The normalized spacial score (nSPS) is 18.5. The van der Waals surface area contributed by atoms with Crippen molar-refractivity contribution in [3.63, 3.8) is 0 Å². The van der Waals surface area contributed by atoms with Crippen LogP contribution >= 0.6 is 11.8 Å². The number of benzene rings is 1. The van der Waals surface area contributed by atoms with Crippen molar-refractivity contribution in [2.45, 2.75) is 11.8 Å². The molecule has 114 valence electrons. The zero-order valence-corrected chi connectivity index (χ0v) is 13.1. The highest BCUT2D eigenvalue weighted by Crippen LogP contribution is 2.39. The van der Waals surface area contributed by atoms with Crippen LogP contribution in [0.5, 0.6) is 0 Å². The minimum atomic E-state index is -0.398. The van der Waals surface area contributed by atoms with Crippen molar-refractivity contribution in [3.8, 4) is 0 Å². The van der Waals surface area contributed by atoms with Gasteiger partial charge in [-0.25, -0.2) is 0 Å². The lowest BCUT2D eigenvalue weighted by molar-refractivity contribution is -0.858. The molecule has 0 spiro atoms. The van der Waals surface area contributed by atoms with E-state index < -0.39 is 4.92 Å². The summed E-state index contributed by atoms with van der Waals surface area (Å²) < 4.78 is 0. The van der Waals surface area contributed by atoms with Crippen LogP contribution in [0.4, 0.5) is 5.69 Å². The molecule has 1 aliphatic rings. The summed E-state index contributed by atoms with van der Waals surface area (Å²) >= 11 is 1.54. The Kier molecular flexibility index (Phi) is 5.19. The molecule has 21 heavy (non-hydrogen) atoms. The van der Waals surface area contributed by atoms with Gasteiger partial charge in [-0.05, 0) is 5.56 Å². The number of hydrogen-bond acceptors (Lipinski definition) is 4. The number of non-ortho nitro benzene ring substituents is 1. The number of nitro groups is 1. The summed E-state index contributed by atoms with van der Waals surface area (Å²) in [5.74, 6) is 0.563. The summed E-state index contributed by atoms with van der Waals surface area (Å²) in [5, 5.41) is 10.8. The minimum absolute atomic E-state index is 0.0742. The van der Waals surface area contributed by atoms with Gasteiger partial charge in [-0.2, -0.15) is 0 Å². The molecule has 1 fully saturated rings. The van der Waals surface area contributed by atoms with Crippen molar-refractivity contribution in [2.24, 2.45) is 0 Å². The van der Waals surface area contributed by atoms with Crippen molar-refractivity contribution in [1.82, 2.24) is 4.90 Å². The van der Waals surface area contributed by atoms with Crippen molar-refractivity contribution >= 4 is 23.4 Å². The van der Waals surface area contributed by atoms with E-state index in [0.717, 1.165) is 18.5 Å². The van der Waals surface area contributed by atoms with Gasteiger partial charge in [0.05, 0.1) is 31.3 Å². The first-order valence-electron chi connectivity index (χ1n) is 6.93. The van der Waals surface area contributed by atoms with Gasteiger partial charge in [0.15, 0.2) is 0 Å². The van der Waals surface area contributed by atoms with E-state index in [1.54, 1.807) is 12.1 Å². The van der Waals surface area contributed by atoms with E-state index in [1.807, 2.05) is 11.0 Å². The number of nitrogens with one attached hydrogen (secondary N) is 1. The Bertz CT molecular complexity index is 536. The lowest BCUT2D eigenvalue weighted by atomic mass is 10.2. The van der Waals surface area contributed by atoms with Gasteiger partial charge in [0.2, 0.25) is 5.91 Å². The number of carbonyl (C=O) groups is 1. The maximum Gasteiger partial charge on any atom is 0.269 e. The molecule has 2 rings (SSSR count). The third-order valence-electron chi connectivity index (χ3n) is 3.41. The van der Waals surface area contributed by atoms with Gasteiger partial charge in [0.25, 0.3) is 5.69 Å². The second-order valence-electron chi connectivity index (χ2n) is 5.41. The van der Waals surface area contributed by atoms with Crippen LogP contribution in [0.3, 0.4) is 0 Å². The Morgan fingerprint density at radius 1 is 1.48 bits per heavy atom. The molecule has 1 amide bonds. The van der Waals surface area contributed by atoms with Crippen molar-refractivity contribution in [3.05, 3.63) is 39.9 Å². The summed E-state index contributed by atoms with van der Waals surface area (Å²) in [6, 6.07) is 6.58. The van der Waals surface area contributed by atoms with Gasteiger partial charge >= 0.3 is 0 Å². The molecule has 0 aromatic heterocycles. The highest BCUT2D eigenvalue weighted by molar-refractivity contribution is 8.00. The average Bonchev–Trinajstić information content (AvgIpc) is 2.80. The van der Waals surface area contributed by atoms with Crippen LogP contribution in [0.1, 0.15) is 17.4 Å². The fourth-order valence-electron chi connectivity index (χ4n) is 2.37. The van der Waals surface area contributed by atoms with Crippen LogP contribution in [0.15, 0.2) is 24.3 Å². The predicted molar refractivity (Wildman–Crippen MR) is 82.3 cm³/mol. The van der Waals surface area contributed by atoms with E-state index in [0.29, 0.717) is 12.3 Å². The summed E-state index contributed by atoms with van der Waals surface area (Å²) in [6.45, 7) is 1.69. The van der Waals surface area contributed by atoms with Gasteiger partial charge in [0.1, 0.15) is 5.37 Å². The van der Waals surface area contributed by atoms with E-state index in [-0.39, 0.29) is 17.0 Å². The molecular formula is C14H20N3O3S+. The van der Waals surface area contributed by atoms with Crippen LogP contribution in [0, 0.1) is 10.1 Å². The number of quaternary nitrogens is 1. The zero-order valence-electron chi connectivity index (χ0n) is 12.2. The first-order chi connectivity index (χ1) is 9.99. The third kappa shape index (κ3) is 3.95. The maximum absolute atomic E-state index is 12.0. The summed E-state index contributed by atoms with van der Waals surface area (Å²) in [5.41, 5.74) is 0.905. The Morgan fingerprint density at radius 3 is 2.90 bits per heavy atom. The van der Waals surface area contributed by atoms with Gasteiger partial charge in [-0.15, -0.1) is 11.8 Å². The molecule has 1 heterocycles. The van der Waals surface area contributed by atoms with Gasteiger partial charge in [0, 0.05) is 25.1 Å². The first kappa shape index (κ1) is 15.8. The third-order valence-corrected chi connectivity index (χ3v) is 4.67. The highest BCUT2D eigenvalue weighted by atomic mass is 32.2. The zero-order chi connectivity index (χ0) is 15.4. The topological polar surface area (TPSA) is 67.9 Å². The van der Waals surface area contributed by atoms with Crippen LogP contribution < -0.4 is 4.90 Å². The number of nitrogens with zero attached hydrogens (tertiary/aromatic N) is 2. The fourth-order valence-corrected chi connectivity index (χ4v) is 3.58. The van der Waals surface area contributed by atoms with Crippen LogP contribution in [0.2, 0.25) is 0 Å². The molecular weight excluding hydrogens is 290 g/mol. The second kappa shape index (κ2) is 6.91. The highest BCUT2D eigenvalue weighted by Gasteiger charge is 2.33. The molecule has 1 N–H and O–H groups in total. The van der Waals surface area contributed by atoms with E-state index in [1.165, 1.54) is 22.7 Å². The number of rotatable bonds is 6. The van der Waals surface area contributed by atoms with E-state index in [4.69, 9.17) is 0 Å². The number of hydrogen-bond donors (Lipinski definition) is 1. The number of thioether (sulfide) groups is 1. The van der Waals surface area contributed by atoms with Crippen molar-refractivity contribution < 1.29 is 14.6 Å². The van der Waals surface area contributed by atoms with Crippen LogP contribution in [0.25, 0.3) is 0 Å². The predicted octanol–water partition coefficient (Wildman–Crippen LogP) is 0.703. The summed E-state index contributed by atoms with van der Waals surface area (Å²) in [4.78, 5) is 25.7. The summed E-state index contributed by atoms with van der Waals surface area (Å²) in [6.07, 6.45) is 0.931. The Hall–Kier alpha value is -1.60. The largest absolute Gasteiger partial charge is 0.340 e. The lowest BCUT2D eigenvalue weighted by Crippen LogP contribution is -3.05. The molecule has 1 saturated heterocycles. The van der Waals surface area contributed by atoms with E-state index >= 15 is 0 Å². The van der Waals surface area contributed by atoms with E-state index in [9.17, 15) is 14.9 Å². The molecule has 0 saturated carbocycles. The number of nitro benzene ring substituents is 1. The molecule has 0 aliphatic carbocycles. The first-order valence-corrected chi connectivity index (χ1v) is 7.98. The number of carbonyl (C=O) groups excluding carboxylic acids is 1. The Morgan fingerprint density at radius 2 is 2.24 bits per heavy atom. The van der Waals surface area contributed by atoms with Gasteiger partial charge < -0.3 is 9.80 Å².